The molecule has 0 aliphatic carbocycles. The summed E-state index contributed by atoms with van der Waals surface area (Å²) in [6, 6.07) is 4.80. The van der Waals surface area contributed by atoms with Gasteiger partial charge in [-0.15, -0.1) is 0 Å². The minimum absolute atomic E-state index is 0.118. The summed E-state index contributed by atoms with van der Waals surface area (Å²) < 4.78 is 5.14. The van der Waals surface area contributed by atoms with Crippen LogP contribution in [0, 0.1) is 5.41 Å². The maximum atomic E-state index is 11.9. The normalized spacial score (nSPS) is 10.4. The number of hydrogen-bond acceptors (Lipinski definition) is 4. The largest absolute Gasteiger partial charge is 0.494 e. The van der Waals surface area contributed by atoms with Crippen LogP contribution < -0.4 is 10.1 Å². The van der Waals surface area contributed by atoms with Crippen LogP contribution in [0.3, 0.4) is 0 Å². The van der Waals surface area contributed by atoms with Crippen molar-refractivity contribution in [3.05, 3.63) is 18.2 Å². The van der Waals surface area contributed by atoms with Gasteiger partial charge in [0.2, 0.25) is 12.0 Å². The first-order valence-electron chi connectivity index (χ1n) is 5.46. The van der Waals surface area contributed by atoms with Crippen LogP contribution in [0.1, 0.15) is 20.8 Å². The molecule has 0 saturated heterocycles. The predicted octanol–water partition coefficient (Wildman–Crippen LogP) is 2.65. The smallest absolute Gasteiger partial charge is 0.240 e. The Morgan fingerprint density at radius 1 is 1.39 bits per heavy atom. The first-order chi connectivity index (χ1) is 8.38. The zero-order valence-corrected chi connectivity index (χ0v) is 10.9. The summed E-state index contributed by atoms with van der Waals surface area (Å²) in [6.45, 7) is 5.46. The van der Waals surface area contributed by atoms with Gasteiger partial charge < -0.3 is 10.1 Å². The number of aliphatic imine (C=N–C) groups is 1. The highest BCUT2D eigenvalue weighted by Gasteiger charge is 2.22. The molecule has 0 spiro atoms. The molecule has 1 aromatic carbocycles. The lowest BCUT2D eigenvalue weighted by molar-refractivity contribution is -0.123. The molecule has 0 fully saturated rings. The Bertz CT molecular complexity index is 497. The van der Waals surface area contributed by atoms with E-state index >= 15 is 0 Å². The molecule has 0 atom stereocenters. The molecule has 18 heavy (non-hydrogen) atoms. The van der Waals surface area contributed by atoms with Crippen molar-refractivity contribution in [2.75, 3.05) is 12.4 Å². The zero-order valence-electron chi connectivity index (χ0n) is 10.9. The molecule has 0 bridgehead atoms. The van der Waals surface area contributed by atoms with E-state index in [1.165, 1.54) is 13.2 Å². The standard InChI is InChI=1S/C13H16N2O3/c1-13(2,3)12(17)15-10-6-5-9(14-8-16)7-11(10)18-4/h5-7H,1-4H3,(H,15,17). The Morgan fingerprint density at radius 2 is 2.06 bits per heavy atom. The molecule has 5 nitrogen and oxygen atoms in total. The third kappa shape index (κ3) is 3.43. The molecule has 0 unspecified atom stereocenters. The molecular weight excluding hydrogens is 232 g/mol. The van der Waals surface area contributed by atoms with Gasteiger partial charge >= 0.3 is 0 Å². The SMILES string of the molecule is COc1cc(N=C=O)ccc1NC(=O)C(C)(C)C. The predicted molar refractivity (Wildman–Crippen MR) is 68.9 cm³/mol. The van der Waals surface area contributed by atoms with Crippen molar-refractivity contribution in [3.63, 3.8) is 0 Å². The van der Waals surface area contributed by atoms with Crippen molar-refractivity contribution in [1.82, 2.24) is 0 Å². The van der Waals surface area contributed by atoms with Gasteiger partial charge in [0.25, 0.3) is 0 Å². The molecule has 1 amide bonds. The van der Waals surface area contributed by atoms with Crippen LogP contribution in [0.15, 0.2) is 23.2 Å². The summed E-state index contributed by atoms with van der Waals surface area (Å²) in [5, 5.41) is 2.77. The van der Waals surface area contributed by atoms with Crippen molar-refractivity contribution >= 4 is 23.4 Å². The van der Waals surface area contributed by atoms with Gasteiger partial charge in [-0.3, -0.25) is 4.79 Å². The van der Waals surface area contributed by atoms with Gasteiger partial charge in [0, 0.05) is 11.5 Å². The molecule has 0 aliphatic heterocycles. The lowest BCUT2D eigenvalue weighted by atomic mass is 9.95. The van der Waals surface area contributed by atoms with E-state index in [9.17, 15) is 9.59 Å². The molecule has 1 rings (SSSR count). The molecular formula is C13H16N2O3. The Morgan fingerprint density at radius 3 is 2.56 bits per heavy atom. The minimum Gasteiger partial charge on any atom is -0.494 e. The van der Waals surface area contributed by atoms with Crippen LogP contribution in [0.2, 0.25) is 0 Å². The Labute approximate surface area is 106 Å². The summed E-state index contributed by atoms with van der Waals surface area (Å²) in [7, 11) is 1.48. The number of nitrogens with zero attached hydrogens (tertiary/aromatic N) is 1. The number of ether oxygens (including phenoxy) is 1. The number of amides is 1. The monoisotopic (exact) mass is 248 g/mol. The van der Waals surface area contributed by atoms with Crippen LogP contribution >= 0.6 is 0 Å². The molecule has 0 saturated carbocycles. The van der Waals surface area contributed by atoms with Gasteiger partial charge in [-0.1, -0.05) is 20.8 Å². The van der Waals surface area contributed by atoms with E-state index in [4.69, 9.17) is 4.74 Å². The number of carbonyl (C=O) groups excluding carboxylic acids is 2. The summed E-state index contributed by atoms with van der Waals surface area (Å²) in [5.41, 5.74) is 0.475. The van der Waals surface area contributed by atoms with E-state index < -0.39 is 5.41 Å². The first kappa shape index (κ1) is 13.9. The Hall–Kier alpha value is -2.13. The van der Waals surface area contributed by atoms with Crippen LogP contribution in [-0.4, -0.2) is 19.1 Å². The minimum atomic E-state index is -0.495. The molecule has 1 aromatic rings. The number of carbonyl (C=O) groups is 1. The highest BCUT2D eigenvalue weighted by molar-refractivity contribution is 5.96. The van der Waals surface area contributed by atoms with Crippen molar-refractivity contribution in [1.29, 1.82) is 0 Å². The van der Waals surface area contributed by atoms with Crippen LogP contribution in [0.4, 0.5) is 11.4 Å². The Balaban J connectivity index is 3.03. The van der Waals surface area contributed by atoms with Crippen molar-refractivity contribution in [2.24, 2.45) is 10.4 Å². The molecule has 5 heteroatoms. The summed E-state index contributed by atoms with van der Waals surface area (Å²) in [5.74, 6) is 0.330. The van der Waals surface area contributed by atoms with Gasteiger partial charge in [0.15, 0.2) is 0 Å². The first-order valence-corrected chi connectivity index (χ1v) is 5.46. The van der Waals surface area contributed by atoms with Gasteiger partial charge in [-0.05, 0) is 12.1 Å². The number of isocyanates is 1. The number of nitrogens with one attached hydrogen (secondary N) is 1. The van der Waals surface area contributed by atoms with E-state index in [0.717, 1.165) is 0 Å². The number of methoxy groups -OCH3 is 1. The maximum Gasteiger partial charge on any atom is 0.240 e. The van der Waals surface area contributed by atoms with Crippen molar-refractivity contribution in [3.8, 4) is 5.75 Å². The summed E-state index contributed by atoms with van der Waals surface area (Å²) in [6.07, 6.45) is 1.45. The van der Waals surface area contributed by atoms with Gasteiger partial charge in [-0.2, -0.15) is 4.99 Å². The second-order valence-electron chi connectivity index (χ2n) is 4.79. The highest BCUT2D eigenvalue weighted by Crippen LogP contribution is 2.30. The molecule has 96 valence electrons. The highest BCUT2D eigenvalue weighted by atomic mass is 16.5. The quantitative estimate of drug-likeness (QED) is 0.660. The second-order valence-corrected chi connectivity index (χ2v) is 4.79. The van der Waals surface area contributed by atoms with Crippen molar-refractivity contribution in [2.45, 2.75) is 20.8 Å². The second kappa shape index (κ2) is 5.47. The summed E-state index contributed by atoms with van der Waals surface area (Å²) >= 11 is 0. The topological polar surface area (TPSA) is 67.8 Å². The molecule has 0 heterocycles. The third-order valence-electron chi connectivity index (χ3n) is 2.29. The lowest BCUT2D eigenvalue weighted by Crippen LogP contribution is -2.27. The third-order valence-corrected chi connectivity index (χ3v) is 2.29. The Kier molecular flexibility index (Phi) is 4.23. The van der Waals surface area contributed by atoms with E-state index in [0.29, 0.717) is 17.1 Å². The summed E-state index contributed by atoms with van der Waals surface area (Å²) in [4.78, 5) is 25.5. The molecule has 0 aromatic heterocycles. The number of benzene rings is 1. The van der Waals surface area contributed by atoms with E-state index in [-0.39, 0.29) is 5.91 Å². The van der Waals surface area contributed by atoms with E-state index in [2.05, 4.69) is 10.3 Å². The molecule has 0 aliphatic rings. The average molecular weight is 248 g/mol. The fraction of sp³-hybridized carbons (Fsp3) is 0.385. The van der Waals surface area contributed by atoms with Crippen LogP contribution in [0.5, 0.6) is 5.75 Å². The van der Waals surface area contributed by atoms with Crippen LogP contribution in [-0.2, 0) is 9.59 Å². The fourth-order valence-corrected chi connectivity index (χ4v) is 1.22. The fourth-order valence-electron chi connectivity index (χ4n) is 1.22. The van der Waals surface area contributed by atoms with E-state index in [1.54, 1.807) is 18.2 Å². The number of rotatable bonds is 3. The van der Waals surface area contributed by atoms with E-state index in [1.807, 2.05) is 20.8 Å². The molecule has 0 radical (unpaired) electrons. The maximum absolute atomic E-state index is 11.9. The number of anilines is 1. The zero-order chi connectivity index (χ0) is 13.8. The van der Waals surface area contributed by atoms with Gasteiger partial charge in [-0.25, -0.2) is 4.79 Å². The molecule has 1 N–H and O–H groups in total. The number of hydrogen-bond donors (Lipinski definition) is 1. The van der Waals surface area contributed by atoms with Crippen LogP contribution in [0.25, 0.3) is 0 Å². The van der Waals surface area contributed by atoms with Crippen molar-refractivity contribution < 1.29 is 14.3 Å². The van der Waals surface area contributed by atoms with Gasteiger partial charge in [0.05, 0.1) is 18.5 Å². The lowest BCUT2D eigenvalue weighted by Gasteiger charge is -2.19. The average Bonchev–Trinajstić information content (AvgIpc) is 2.30. The van der Waals surface area contributed by atoms with Gasteiger partial charge in [0.1, 0.15) is 5.75 Å².